The molecule has 16 heavy (non-hydrogen) atoms. The van der Waals surface area contributed by atoms with Gasteiger partial charge in [0.25, 0.3) is 5.91 Å². The second-order valence-electron chi connectivity index (χ2n) is 4.30. The predicted octanol–water partition coefficient (Wildman–Crippen LogP) is 3.30. The molecule has 2 nitrogen and oxygen atoms in total. The zero-order valence-electron chi connectivity index (χ0n) is 9.41. The fourth-order valence-electron chi connectivity index (χ4n) is 2.00. The number of likely N-dealkylation sites (tertiary alicyclic amines) is 1. The lowest BCUT2D eigenvalue weighted by molar-refractivity contribution is 0.0704. The Kier molecular flexibility index (Phi) is 4.03. The van der Waals surface area contributed by atoms with Gasteiger partial charge in [0.15, 0.2) is 0 Å². The minimum atomic E-state index is 0.214. The molecule has 1 aliphatic rings. The minimum absolute atomic E-state index is 0.214. The molecule has 1 fully saturated rings. The van der Waals surface area contributed by atoms with E-state index in [2.05, 4.69) is 15.9 Å². The number of carbonyl (C=O) groups excluding carboxylic acids is 1. The van der Waals surface area contributed by atoms with Crippen molar-refractivity contribution in [2.45, 2.75) is 19.8 Å². The van der Waals surface area contributed by atoms with Crippen LogP contribution in [0.1, 0.15) is 27.4 Å². The Morgan fingerprint density at radius 2 is 2.19 bits per heavy atom. The second kappa shape index (κ2) is 5.32. The summed E-state index contributed by atoms with van der Waals surface area (Å²) in [5, 5.41) is 1.06. The third kappa shape index (κ3) is 2.66. The van der Waals surface area contributed by atoms with Crippen LogP contribution in [0.5, 0.6) is 0 Å². The van der Waals surface area contributed by atoms with Gasteiger partial charge in [0.2, 0.25) is 0 Å². The fraction of sp³-hybridized carbons (Fsp3) is 0.583. The maximum absolute atomic E-state index is 12.1. The van der Waals surface area contributed by atoms with Crippen LogP contribution in [0.15, 0.2) is 12.1 Å². The summed E-state index contributed by atoms with van der Waals surface area (Å²) in [6.45, 7) is 3.86. The Hall–Kier alpha value is -0.350. The van der Waals surface area contributed by atoms with E-state index in [9.17, 15) is 4.79 Å². The Labute approximate surface area is 109 Å². The zero-order valence-corrected chi connectivity index (χ0v) is 11.8. The van der Waals surface area contributed by atoms with Crippen molar-refractivity contribution < 1.29 is 4.79 Å². The summed E-state index contributed by atoms with van der Waals surface area (Å²) in [4.78, 5) is 16.2. The maximum Gasteiger partial charge on any atom is 0.263 e. The van der Waals surface area contributed by atoms with E-state index in [0.717, 1.165) is 42.1 Å². The van der Waals surface area contributed by atoms with E-state index in [4.69, 9.17) is 0 Å². The summed E-state index contributed by atoms with van der Waals surface area (Å²) in [6.07, 6.45) is 2.25. The molecule has 0 aromatic carbocycles. The first-order valence-electron chi connectivity index (χ1n) is 5.62. The number of alkyl halides is 1. The molecule has 4 heteroatoms. The quantitative estimate of drug-likeness (QED) is 0.768. The lowest BCUT2D eigenvalue weighted by Crippen LogP contribution is -2.38. The number of halogens is 1. The van der Waals surface area contributed by atoms with Crippen molar-refractivity contribution in [3.8, 4) is 0 Å². The molecule has 0 spiro atoms. The van der Waals surface area contributed by atoms with Crippen molar-refractivity contribution in [2.75, 3.05) is 18.4 Å². The monoisotopic (exact) mass is 301 g/mol. The average Bonchev–Trinajstić information content (AvgIpc) is 2.75. The van der Waals surface area contributed by atoms with Crippen molar-refractivity contribution in [1.29, 1.82) is 0 Å². The molecule has 0 atom stereocenters. The smallest absolute Gasteiger partial charge is 0.263 e. The molecule has 0 aliphatic carbocycles. The van der Waals surface area contributed by atoms with E-state index in [1.807, 2.05) is 24.0 Å². The Balaban J connectivity index is 1.96. The van der Waals surface area contributed by atoms with Crippen LogP contribution in [0.4, 0.5) is 0 Å². The average molecular weight is 302 g/mol. The summed E-state index contributed by atoms with van der Waals surface area (Å²) in [6, 6.07) is 3.96. The largest absolute Gasteiger partial charge is 0.338 e. The van der Waals surface area contributed by atoms with Crippen molar-refractivity contribution in [2.24, 2.45) is 5.92 Å². The molecule has 0 bridgehead atoms. The third-order valence-corrected chi connectivity index (χ3v) is 4.98. The number of hydrogen-bond donors (Lipinski definition) is 0. The van der Waals surface area contributed by atoms with Gasteiger partial charge in [0, 0.05) is 23.3 Å². The SMILES string of the molecule is Cc1ccc(C(=O)N2CCC(CBr)CC2)s1. The van der Waals surface area contributed by atoms with Crippen LogP contribution in [-0.4, -0.2) is 29.2 Å². The van der Waals surface area contributed by atoms with Crippen molar-refractivity contribution >= 4 is 33.2 Å². The molecule has 1 aromatic heterocycles. The molecule has 0 saturated carbocycles. The molecule has 1 aromatic rings. The standard InChI is InChI=1S/C12H16BrNOS/c1-9-2-3-11(16-9)12(15)14-6-4-10(8-13)5-7-14/h2-3,10H,4-8H2,1H3. The second-order valence-corrected chi connectivity index (χ2v) is 6.24. The molecule has 1 aliphatic heterocycles. The summed E-state index contributed by atoms with van der Waals surface area (Å²) in [7, 11) is 0. The van der Waals surface area contributed by atoms with Crippen molar-refractivity contribution in [3.63, 3.8) is 0 Å². The molecule has 0 N–H and O–H groups in total. The van der Waals surface area contributed by atoms with Gasteiger partial charge >= 0.3 is 0 Å². The van der Waals surface area contributed by atoms with Gasteiger partial charge in [-0.15, -0.1) is 11.3 Å². The van der Waals surface area contributed by atoms with Gasteiger partial charge in [-0.25, -0.2) is 0 Å². The van der Waals surface area contributed by atoms with Crippen LogP contribution < -0.4 is 0 Å². The van der Waals surface area contributed by atoms with Gasteiger partial charge in [-0.2, -0.15) is 0 Å². The molecule has 2 rings (SSSR count). The van der Waals surface area contributed by atoms with E-state index in [0.29, 0.717) is 0 Å². The Bertz CT molecular complexity index is 369. The number of hydrogen-bond acceptors (Lipinski definition) is 2. The van der Waals surface area contributed by atoms with Gasteiger partial charge in [0.05, 0.1) is 4.88 Å². The highest BCUT2D eigenvalue weighted by Gasteiger charge is 2.23. The molecule has 1 amide bonds. The molecule has 0 unspecified atom stereocenters. The van der Waals surface area contributed by atoms with Gasteiger partial charge in [-0.05, 0) is 37.8 Å². The number of rotatable bonds is 2. The highest BCUT2D eigenvalue weighted by molar-refractivity contribution is 9.09. The molecular weight excluding hydrogens is 286 g/mol. The summed E-state index contributed by atoms with van der Waals surface area (Å²) < 4.78 is 0. The molecule has 1 saturated heterocycles. The Morgan fingerprint density at radius 1 is 1.50 bits per heavy atom. The van der Waals surface area contributed by atoms with Crippen LogP contribution in [0, 0.1) is 12.8 Å². The van der Waals surface area contributed by atoms with Crippen LogP contribution in [0.3, 0.4) is 0 Å². The summed E-state index contributed by atoms with van der Waals surface area (Å²) in [5.74, 6) is 0.959. The van der Waals surface area contributed by atoms with Gasteiger partial charge in [-0.1, -0.05) is 15.9 Å². The lowest BCUT2D eigenvalue weighted by atomic mass is 9.99. The first-order valence-corrected chi connectivity index (χ1v) is 7.56. The number of thiophene rings is 1. The van der Waals surface area contributed by atoms with Crippen molar-refractivity contribution in [1.82, 2.24) is 4.90 Å². The van der Waals surface area contributed by atoms with E-state index in [1.165, 1.54) is 4.88 Å². The van der Waals surface area contributed by atoms with E-state index in [-0.39, 0.29) is 5.91 Å². The summed E-state index contributed by atoms with van der Waals surface area (Å²) in [5.41, 5.74) is 0. The van der Waals surface area contributed by atoms with Gasteiger partial charge < -0.3 is 4.90 Å². The molecule has 0 radical (unpaired) electrons. The summed E-state index contributed by atoms with van der Waals surface area (Å²) >= 11 is 5.11. The van der Waals surface area contributed by atoms with Crippen LogP contribution in [0.2, 0.25) is 0 Å². The number of aryl methyl sites for hydroxylation is 1. The molecular formula is C12H16BrNOS. The Morgan fingerprint density at radius 3 is 2.69 bits per heavy atom. The fourth-order valence-corrected chi connectivity index (χ4v) is 3.48. The van der Waals surface area contributed by atoms with Gasteiger partial charge in [0.1, 0.15) is 0 Å². The third-order valence-electron chi connectivity index (χ3n) is 3.07. The number of nitrogens with zero attached hydrogens (tertiary/aromatic N) is 1. The van der Waals surface area contributed by atoms with Crippen LogP contribution >= 0.6 is 27.3 Å². The number of piperidine rings is 1. The van der Waals surface area contributed by atoms with E-state index in [1.54, 1.807) is 11.3 Å². The van der Waals surface area contributed by atoms with Crippen LogP contribution in [0.25, 0.3) is 0 Å². The zero-order chi connectivity index (χ0) is 11.5. The van der Waals surface area contributed by atoms with Crippen LogP contribution in [-0.2, 0) is 0 Å². The normalized spacial score (nSPS) is 17.8. The van der Waals surface area contributed by atoms with Gasteiger partial charge in [-0.3, -0.25) is 4.79 Å². The first kappa shape index (κ1) is 12.1. The molecule has 2 heterocycles. The number of amides is 1. The van der Waals surface area contributed by atoms with Crippen molar-refractivity contribution in [3.05, 3.63) is 21.9 Å². The number of carbonyl (C=O) groups is 1. The first-order chi connectivity index (χ1) is 7.70. The highest BCUT2D eigenvalue weighted by atomic mass is 79.9. The van der Waals surface area contributed by atoms with E-state index < -0.39 is 0 Å². The van der Waals surface area contributed by atoms with E-state index >= 15 is 0 Å². The topological polar surface area (TPSA) is 20.3 Å². The minimum Gasteiger partial charge on any atom is -0.338 e. The lowest BCUT2D eigenvalue weighted by Gasteiger charge is -2.30. The molecule has 88 valence electrons. The maximum atomic E-state index is 12.1. The predicted molar refractivity (Wildman–Crippen MR) is 71.5 cm³/mol. The highest BCUT2D eigenvalue weighted by Crippen LogP contribution is 2.23.